The van der Waals surface area contributed by atoms with Gasteiger partial charge in [0.2, 0.25) is 0 Å². The summed E-state index contributed by atoms with van der Waals surface area (Å²) in [5.74, 6) is 0.0926. The van der Waals surface area contributed by atoms with Gasteiger partial charge in [0.1, 0.15) is 5.54 Å². The zero-order valence-corrected chi connectivity index (χ0v) is 12.8. The minimum absolute atomic E-state index is 0.254. The Hall–Kier alpha value is -1.55. The van der Waals surface area contributed by atoms with Crippen molar-refractivity contribution >= 4 is 11.7 Å². The maximum Gasteiger partial charge on any atom is 0.326 e. The second kappa shape index (κ2) is 5.34. The van der Waals surface area contributed by atoms with Crippen LogP contribution in [0.25, 0.3) is 0 Å². The number of benzene rings is 1. The van der Waals surface area contributed by atoms with Gasteiger partial charge in [0.05, 0.1) is 0 Å². The van der Waals surface area contributed by atoms with Crippen LogP contribution in [0.3, 0.4) is 0 Å². The van der Waals surface area contributed by atoms with E-state index >= 15 is 0 Å². The summed E-state index contributed by atoms with van der Waals surface area (Å²) in [6, 6.07) is 8.40. The van der Waals surface area contributed by atoms with Gasteiger partial charge in [-0.15, -0.1) is 0 Å². The van der Waals surface area contributed by atoms with Gasteiger partial charge in [-0.3, -0.25) is 4.79 Å². The Morgan fingerprint density at radius 1 is 1.43 bits per heavy atom. The van der Waals surface area contributed by atoms with Gasteiger partial charge < -0.3 is 15.3 Å². The third-order valence-electron chi connectivity index (χ3n) is 4.98. The molecule has 1 heterocycles. The number of para-hydroxylation sites is 1. The van der Waals surface area contributed by atoms with Gasteiger partial charge in [-0.1, -0.05) is 25.1 Å². The van der Waals surface area contributed by atoms with E-state index in [2.05, 4.69) is 35.3 Å². The molecule has 114 valence electrons. The highest BCUT2D eigenvalue weighted by atomic mass is 16.4. The predicted molar refractivity (Wildman–Crippen MR) is 83.7 cm³/mol. The van der Waals surface area contributed by atoms with Gasteiger partial charge in [0, 0.05) is 18.8 Å². The van der Waals surface area contributed by atoms with Crippen LogP contribution in [-0.2, 0) is 11.2 Å². The molecule has 4 nitrogen and oxygen atoms in total. The lowest BCUT2D eigenvalue weighted by Gasteiger charge is -2.41. The Labute approximate surface area is 126 Å². The van der Waals surface area contributed by atoms with E-state index in [1.807, 2.05) is 6.07 Å². The summed E-state index contributed by atoms with van der Waals surface area (Å²) in [7, 11) is 1.78. The Balaban J connectivity index is 1.91. The first kappa shape index (κ1) is 14.4. The molecule has 1 aromatic carbocycles. The number of anilines is 1. The van der Waals surface area contributed by atoms with Crippen LogP contribution in [0.5, 0.6) is 0 Å². The number of aliphatic carboxylic acids is 1. The highest BCUT2D eigenvalue weighted by Gasteiger charge is 2.51. The van der Waals surface area contributed by atoms with Crippen LogP contribution in [0.2, 0.25) is 0 Å². The summed E-state index contributed by atoms with van der Waals surface area (Å²) in [6.07, 6.45) is 3.10. The molecule has 0 amide bonds. The largest absolute Gasteiger partial charge is 0.480 e. The lowest BCUT2D eigenvalue weighted by Crippen LogP contribution is -2.60. The number of nitrogens with zero attached hydrogens (tertiary/aromatic N) is 1. The molecule has 1 aromatic rings. The van der Waals surface area contributed by atoms with Crippen LogP contribution in [0.1, 0.15) is 25.3 Å². The molecule has 1 aliphatic carbocycles. The van der Waals surface area contributed by atoms with Gasteiger partial charge in [0.15, 0.2) is 0 Å². The number of likely N-dealkylation sites (N-methyl/N-ethyl adjacent to an activating group) is 1. The molecule has 0 aromatic heterocycles. The van der Waals surface area contributed by atoms with E-state index in [0.29, 0.717) is 12.5 Å². The molecule has 0 saturated heterocycles. The van der Waals surface area contributed by atoms with E-state index < -0.39 is 11.5 Å². The molecular weight excluding hydrogens is 264 g/mol. The number of rotatable bonds is 5. The van der Waals surface area contributed by atoms with Crippen LogP contribution in [0, 0.1) is 11.8 Å². The molecule has 1 saturated carbocycles. The first-order valence-corrected chi connectivity index (χ1v) is 7.82. The van der Waals surface area contributed by atoms with Crippen molar-refractivity contribution in [2.75, 3.05) is 25.0 Å². The van der Waals surface area contributed by atoms with Crippen molar-refractivity contribution in [1.82, 2.24) is 5.32 Å². The third kappa shape index (κ3) is 2.53. The van der Waals surface area contributed by atoms with Crippen molar-refractivity contribution in [3.8, 4) is 0 Å². The fourth-order valence-corrected chi connectivity index (χ4v) is 3.69. The molecule has 3 rings (SSSR count). The van der Waals surface area contributed by atoms with Crippen LogP contribution >= 0.6 is 0 Å². The Morgan fingerprint density at radius 2 is 2.14 bits per heavy atom. The number of carbonyl (C=O) groups is 1. The summed E-state index contributed by atoms with van der Waals surface area (Å²) >= 11 is 0. The van der Waals surface area contributed by atoms with Gasteiger partial charge in [-0.05, 0) is 49.8 Å². The van der Waals surface area contributed by atoms with Crippen molar-refractivity contribution in [2.45, 2.75) is 31.7 Å². The van der Waals surface area contributed by atoms with Crippen molar-refractivity contribution in [2.24, 2.45) is 11.8 Å². The maximum atomic E-state index is 11.9. The first-order chi connectivity index (χ1) is 10.1. The standard InChI is InChI=1S/C17H24N2O2/c1-12-9-13-5-3-4-6-15(13)19(10-12)11-17(18-2,16(20)21)14-7-8-14/h3-6,12,14,18H,7-11H2,1-2H3,(H,20,21). The second-order valence-corrected chi connectivity index (χ2v) is 6.62. The van der Waals surface area contributed by atoms with E-state index in [4.69, 9.17) is 0 Å². The van der Waals surface area contributed by atoms with Crippen molar-refractivity contribution in [3.63, 3.8) is 0 Å². The number of carboxylic acid groups (broad SMARTS) is 1. The average Bonchev–Trinajstić information content (AvgIpc) is 3.29. The van der Waals surface area contributed by atoms with E-state index in [-0.39, 0.29) is 5.92 Å². The summed E-state index contributed by atoms with van der Waals surface area (Å²) in [5.41, 5.74) is 1.73. The fraction of sp³-hybridized carbons (Fsp3) is 0.588. The van der Waals surface area contributed by atoms with Gasteiger partial charge in [-0.25, -0.2) is 0 Å². The van der Waals surface area contributed by atoms with E-state index in [9.17, 15) is 9.90 Å². The highest BCUT2D eigenvalue weighted by Crippen LogP contribution is 2.42. The summed E-state index contributed by atoms with van der Waals surface area (Å²) in [4.78, 5) is 14.2. The lowest BCUT2D eigenvalue weighted by molar-refractivity contribution is -0.145. The maximum absolute atomic E-state index is 11.9. The van der Waals surface area contributed by atoms with Crippen LogP contribution in [-0.4, -0.2) is 36.8 Å². The van der Waals surface area contributed by atoms with Crippen LogP contribution in [0.4, 0.5) is 5.69 Å². The summed E-state index contributed by atoms with van der Waals surface area (Å²) in [6.45, 7) is 3.72. The SMILES string of the molecule is CNC(CN1CC(C)Cc2ccccc21)(C(=O)O)C1CC1. The zero-order valence-electron chi connectivity index (χ0n) is 12.8. The minimum atomic E-state index is -0.815. The Kier molecular flexibility index (Phi) is 3.66. The molecule has 1 fully saturated rings. The zero-order chi connectivity index (χ0) is 15.0. The minimum Gasteiger partial charge on any atom is -0.480 e. The smallest absolute Gasteiger partial charge is 0.326 e. The molecule has 0 spiro atoms. The molecule has 2 unspecified atom stereocenters. The quantitative estimate of drug-likeness (QED) is 0.871. The normalized spacial score (nSPS) is 24.3. The van der Waals surface area contributed by atoms with E-state index in [1.165, 1.54) is 11.3 Å². The van der Waals surface area contributed by atoms with Crippen molar-refractivity contribution in [1.29, 1.82) is 0 Å². The highest BCUT2D eigenvalue weighted by molar-refractivity contribution is 5.81. The molecule has 4 heteroatoms. The molecular formula is C17H24N2O2. The summed E-state index contributed by atoms with van der Waals surface area (Å²) in [5, 5.41) is 12.9. The van der Waals surface area contributed by atoms with Crippen LogP contribution < -0.4 is 10.2 Å². The molecule has 2 N–H and O–H groups in total. The van der Waals surface area contributed by atoms with E-state index in [0.717, 1.165) is 25.8 Å². The topological polar surface area (TPSA) is 52.6 Å². The van der Waals surface area contributed by atoms with Crippen molar-refractivity contribution in [3.05, 3.63) is 29.8 Å². The Morgan fingerprint density at radius 3 is 2.76 bits per heavy atom. The molecule has 21 heavy (non-hydrogen) atoms. The number of hydrogen-bond donors (Lipinski definition) is 2. The molecule has 0 bridgehead atoms. The van der Waals surface area contributed by atoms with Crippen molar-refractivity contribution < 1.29 is 9.90 Å². The fourth-order valence-electron chi connectivity index (χ4n) is 3.69. The third-order valence-corrected chi connectivity index (χ3v) is 4.98. The lowest BCUT2D eigenvalue weighted by atomic mass is 9.88. The van der Waals surface area contributed by atoms with Gasteiger partial charge in [-0.2, -0.15) is 0 Å². The molecule has 2 atom stereocenters. The van der Waals surface area contributed by atoms with Gasteiger partial charge >= 0.3 is 5.97 Å². The Bertz CT molecular complexity index is 541. The predicted octanol–water partition coefficient (Wildman–Crippen LogP) is 2.14. The second-order valence-electron chi connectivity index (χ2n) is 6.62. The number of fused-ring (bicyclic) bond motifs is 1. The number of carboxylic acids is 1. The molecule has 0 radical (unpaired) electrons. The monoisotopic (exact) mass is 288 g/mol. The number of hydrogen-bond acceptors (Lipinski definition) is 3. The van der Waals surface area contributed by atoms with Gasteiger partial charge in [0.25, 0.3) is 0 Å². The molecule has 2 aliphatic rings. The number of nitrogens with one attached hydrogen (secondary N) is 1. The first-order valence-electron chi connectivity index (χ1n) is 7.82. The van der Waals surface area contributed by atoms with E-state index in [1.54, 1.807) is 7.05 Å². The average molecular weight is 288 g/mol. The van der Waals surface area contributed by atoms with Crippen LogP contribution in [0.15, 0.2) is 24.3 Å². The summed E-state index contributed by atoms with van der Waals surface area (Å²) < 4.78 is 0. The molecule has 1 aliphatic heterocycles.